The summed E-state index contributed by atoms with van der Waals surface area (Å²) >= 11 is 0. The molecule has 0 atom stereocenters. The fraction of sp³-hybridized carbons (Fsp3) is 0.286. The van der Waals surface area contributed by atoms with Gasteiger partial charge in [0.2, 0.25) is 10.0 Å². The molecule has 0 amide bonds. The predicted molar refractivity (Wildman–Crippen MR) is 78.5 cm³/mol. The van der Waals surface area contributed by atoms with Crippen molar-refractivity contribution in [1.29, 1.82) is 0 Å². The van der Waals surface area contributed by atoms with Gasteiger partial charge in [0.1, 0.15) is 0 Å². The molecule has 0 fully saturated rings. The second-order valence-electron chi connectivity index (χ2n) is 4.67. The van der Waals surface area contributed by atoms with E-state index in [2.05, 4.69) is 9.82 Å². The van der Waals surface area contributed by atoms with Gasteiger partial charge in [0.05, 0.1) is 4.90 Å². The third-order valence-corrected chi connectivity index (χ3v) is 4.64. The fourth-order valence-corrected chi connectivity index (χ4v) is 2.94. The van der Waals surface area contributed by atoms with Crippen molar-refractivity contribution in [3.63, 3.8) is 0 Å². The average molecular weight is 307 g/mol. The van der Waals surface area contributed by atoms with Crippen molar-refractivity contribution in [2.75, 3.05) is 6.54 Å². The van der Waals surface area contributed by atoms with Gasteiger partial charge >= 0.3 is 0 Å². The lowest BCUT2D eigenvalue weighted by atomic mass is 10.2. The minimum Gasteiger partial charge on any atom is -0.295 e. The molecule has 0 spiro atoms. The maximum Gasteiger partial charge on any atom is 0.240 e. The molecule has 0 bridgehead atoms. The van der Waals surface area contributed by atoms with Gasteiger partial charge in [-0.1, -0.05) is 12.1 Å². The van der Waals surface area contributed by atoms with Crippen molar-refractivity contribution in [3.05, 3.63) is 47.8 Å². The number of benzene rings is 1. The predicted octanol–water partition coefficient (Wildman–Crippen LogP) is 1.14. The number of sulfonamides is 1. The number of ketones is 1. The van der Waals surface area contributed by atoms with Crippen LogP contribution >= 0.6 is 0 Å². The summed E-state index contributed by atoms with van der Waals surface area (Å²) in [6.07, 6.45) is 2.23. The Labute approximate surface area is 123 Å². The van der Waals surface area contributed by atoms with Gasteiger partial charge in [-0.05, 0) is 25.1 Å². The quantitative estimate of drug-likeness (QED) is 0.812. The molecule has 6 nitrogen and oxygen atoms in total. The average Bonchev–Trinajstić information content (AvgIpc) is 2.84. The molecule has 0 saturated carbocycles. The lowest BCUT2D eigenvalue weighted by molar-refractivity contribution is 0.101. The number of hydrogen-bond donors (Lipinski definition) is 1. The molecular weight excluding hydrogens is 290 g/mol. The number of carbonyl (C=O) groups excluding carboxylic acids is 1. The molecule has 2 aromatic rings. The minimum atomic E-state index is -3.56. The molecule has 0 radical (unpaired) electrons. The monoisotopic (exact) mass is 307 g/mol. The number of rotatable bonds is 6. The van der Waals surface area contributed by atoms with Crippen molar-refractivity contribution >= 4 is 15.8 Å². The first kappa shape index (κ1) is 15.4. The highest BCUT2D eigenvalue weighted by Gasteiger charge is 2.14. The van der Waals surface area contributed by atoms with E-state index < -0.39 is 10.0 Å². The molecule has 0 saturated heterocycles. The van der Waals surface area contributed by atoms with E-state index in [1.807, 2.05) is 13.1 Å². The number of nitrogens with zero attached hydrogens (tertiary/aromatic N) is 2. The lowest BCUT2D eigenvalue weighted by Gasteiger charge is -2.07. The van der Waals surface area contributed by atoms with Gasteiger partial charge in [-0.15, -0.1) is 0 Å². The van der Waals surface area contributed by atoms with Crippen LogP contribution in [0.15, 0.2) is 41.4 Å². The van der Waals surface area contributed by atoms with Crippen LogP contribution in [0.2, 0.25) is 0 Å². The van der Waals surface area contributed by atoms with Gasteiger partial charge in [-0.3, -0.25) is 9.48 Å². The zero-order valence-corrected chi connectivity index (χ0v) is 12.7. The molecule has 21 heavy (non-hydrogen) atoms. The largest absolute Gasteiger partial charge is 0.295 e. The van der Waals surface area contributed by atoms with Gasteiger partial charge in [-0.25, -0.2) is 13.1 Å². The molecule has 0 aliphatic rings. The highest BCUT2D eigenvalue weighted by Crippen LogP contribution is 2.11. The topological polar surface area (TPSA) is 81.1 Å². The third-order valence-electron chi connectivity index (χ3n) is 3.17. The Hall–Kier alpha value is -1.99. The van der Waals surface area contributed by atoms with E-state index in [4.69, 9.17) is 0 Å². The second-order valence-corrected chi connectivity index (χ2v) is 6.44. The highest BCUT2D eigenvalue weighted by atomic mass is 32.2. The van der Waals surface area contributed by atoms with Gasteiger partial charge in [0.25, 0.3) is 0 Å². The number of aryl methyl sites for hydroxylation is 1. The summed E-state index contributed by atoms with van der Waals surface area (Å²) in [7, 11) is -1.75. The molecule has 7 heteroatoms. The summed E-state index contributed by atoms with van der Waals surface area (Å²) in [5.41, 5.74) is 1.44. The molecular formula is C14H17N3O3S. The standard InChI is InChI=1S/C14H17N3O3S/c1-11(18)12-3-5-14(6-4-12)21(19,20)16-10-8-13-7-9-15-17(13)2/h3-7,9,16H,8,10H2,1-2H3. The van der Waals surface area contributed by atoms with E-state index in [0.717, 1.165) is 5.69 Å². The zero-order valence-electron chi connectivity index (χ0n) is 11.9. The van der Waals surface area contributed by atoms with Gasteiger partial charge in [-0.2, -0.15) is 5.10 Å². The number of Topliss-reactive ketones (excluding diaryl/α,β-unsaturated/α-hetero) is 1. The third kappa shape index (κ3) is 3.77. The van der Waals surface area contributed by atoms with Crippen molar-refractivity contribution in [2.24, 2.45) is 7.05 Å². The van der Waals surface area contributed by atoms with Crippen LogP contribution in [0.5, 0.6) is 0 Å². The van der Waals surface area contributed by atoms with Crippen LogP contribution in [-0.4, -0.2) is 30.5 Å². The molecule has 0 unspecified atom stereocenters. The molecule has 0 aliphatic heterocycles. The lowest BCUT2D eigenvalue weighted by Crippen LogP contribution is -2.26. The first-order chi connectivity index (χ1) is 9.90. The summed E-state index contributed by atoms with van der Waals surface area (Å²) in [6, 6.07) is 7.73. The summed E-state index contributed by atoms with van der Waals surface area (Å²) in [5.74, 6) is -0.0943. The van der Waals surface area contributed by atoms with E-state index in [9.17, 15) is 13.2 Å². The maximum absolute atomic E-state index is 12.1. The summed E-state index contributed by atoms with van der Waals surface area (Å²) in [5, 5.41) is 4.02. The van der Waals surface area contributed by atoms with Crippen LogP contribution in [0.4, 0.5) is 0 Å². The van der Waals surface area contributed by atoms with Crippen LogP contribution in [0.1, 0.15) is 23.0 Å². The van der Waals surface area contributed by atoms with E-state index in [0.29, 0.717) is 12.0 Å². The first-order valence-electron chi connectivity index (χ1n) is 6.48. The zero-order chi connectivity index (χ0) is 15.5. The van der Waals surface area contributed by atoms with Crippen molar-refractivity contribution in [3.8, 4) is 0 Å². The Morgan fingerprint density at radius 3 is 2.43 bits per heavy atom. The number of nitrogens with one attached hydrogen (secondary N) is 1. The molecule has 1 aromatic heterocycles. The smallest absolute Gasteiger partial charge is 0.240 e. The normalized spacial score (nSPS) is 11.5. The highest BCUT2D eigenvalue weighted by molar-refractivity contribution is 7.89. The van der Waals surface area contributed by atoms with E-state index in [-0.39, 0.29) is 17.2 Å². The second kappa shape index (κ2) is 6.19. The van der Waals surface area contributed by atoms with Crippen LogP contribution in [0, 0.1) is 0 Å². The number of hydrogen-bond acceptors (Lipinski definition) is 4. The van der Waals surface area contributed by atoms with Crippen LogP contribution < -0.4 is 4.72 Å². The van der Waals surface area contributed by atoms with E-state index in [1.165, 1.54) is 31.2 Å². The first-order valence-corrected chi connectivity index (χ1v) is 7.96. The number of aromatic nitrogens is 2. The Balaban J connectivity index is 2.01. The van der Waals surface area contributed by atoms with Crippen molar-refractivity contribution in [1.82, 2.24) is 14.5 Å². The van der Waals surface area contributed by atoms with Gasteiger partial charge < -0.3 is 0 Å². The van der Waals surface area contributed by atoms with Crippen molar-refractivity contribution < 1.29 is 13.2 Å². The summed E-state index contributed by atoms with van der Waals surface area (Å²) < 4.78 is 28.5. The molecule has 1 heterocycles. The summed E-state index contributed by atoms with van der Waals surface area (Å²) in [6.45, 7) is 1.73. The van der Waals surface area contributed by atoms with Crippen LogP contribution in [0.25, 0.3) is 0 Å². The van der Waals surface area contributed by atoms with Gasteiger partial charge in [0.15, 0.2) is 5.78 Å². The molecule has 1 N–H and O–H groups in total. The SMILES string of the molecule is CC(=O)c1ccc(S(=O)(=O)NCCc2ccnn2C)cc1. The minimum absolute atomic E-state index is 0.0943. The van der Waals surface area contributed by atoms with Crippen LogP contribution in [-0.2, 0) is 23.5 Å². The maximum atomic E-state index is 12.1. The van der Waals surface area contributed by atoms with Crippen molar-refractivity contribution in [2.45, 2.75) is 18.2 Å². The molecule has 0 aliphatic carbocycles. The summed E-state index contributed by atoms with van der Waals surface area (Å²) in [4.78, 5) is 11.3. The van der Waals surface area contributed by atoms with Crippen LogP contribution in [0.3, 0.4) is 0 Å². The Morgan fingerprint density at radius 2 is 1.90 bits per heavy atom. The Kier molecular flexibility index (Phi) is 4.54. The molecule has 1 aromatic carbocycles. The van der Waals surface area contributed by atoms with E-state index >= 15 is 0 Å². The molecule has 2 rings (SSSR count). The Morgan fingerprint density at radius 1 is 1.24 bits per heavy atom. The fourth-order valence-electron chi connectivity index (χ4n) is 1.91. The van der Waals surface area contributed by atoms with E-state index in [1.54, 1.807) is 10.9 Å². The van der Waals surface area contributed by atoms with Gasteiger partial charge in [0, 0.05) is 37.5 Å². The number of carbonyl (C=O) groups is 1. The molecule has 112 valence electrons. The Bertz CT molecular complexity index is 733.